The van der Waals surface area contributed by atoms with Crippen LogP contribution >= 0.6 is 11.3 Å². The van der Waals surface area contributed by atoms with Gasteiger partial charge in [-0.3, -0.25) is 0 Å². The number of aromatic nitrogens is 5. The van der Waals surface area contributed by atoms with Crippen molar-refractivity contribution in [1.82, 2.24) is 24.9 Å². The Morgan fingerprint density at radius 3 is 1.86 bits per heavy atom. The molecule has 0 saturated carbocycles. The van der Waals surface area contributed by atoms with Gasteiger partial charge in [-0.2, -0.15) is 5.26 Å². The molecule has 0 saturated heterocycles. The molecular weight excluding hydrogens is 733 g/mol. The van der Waals surface area contributed by atoms with E-state index in [2.05, 4.69) is 54.6 Å². The van der Waals surface area contributed by atoms with Gasteiger partial charge in [-0.05, 0) is 41.5 Å². The molecular formula is C50H28N6OS. The van der Waals surface area contributed by atoms with E-state index in [1.165, 1.54) is 4.70 Å². The van der Waals surface area contributed by atoms with E-state index in [1.807, 2.05) is 121 Å². The number of fused-ring (bicyclic) bond motifs is 6. The Morgan fingerprint density at radius 2 is 1.07 bits per heavy atom. The second-order valence-corrected chi connectivity index (χ2v) is 15.0. The Morgan fingerprint density at radius 1 is 0.448 bits per heavy atom. The first-order valence-corrected chi connectivity index (χ1v) is 19.6. The average Bonchev–Trinajstić information content (AvgIpc) is 3.87. The molecule has 7 aromatic carbocycles. The highest BCUT2D eigenvalue weighted by Crippen LogP contribution is 2.41. The highest BCUT2D eigenvalue weighted by atomic mass is 32.1. The summed E-state index contributed by atoms with van der Waals surface area (Å²) in [5.74, 6) is 2.27. The van der Waals surface area contributed by atoms with Gasteiger partial charge in [0.1, 0.15) is 11.2 Å². The van der Waals surface area contributed by atoms with Crippen molar-refractivity contribution in [3.8, 4) is 74.0 Å². The lowest BCUT2D eigenvalue weighted by Gasteiger charge is -2.10. The summed E-state index contributed by atoms with van der Waals surface area (Å²) < 4.78 is 8.84. The molecule has 11 aromatic rings. The largest absolute Gasteiger partial charge is 0.456 e. The van der Waals surface area contributed by atoms with Crippen LogP contribution in [0.15, 0.2) is 174 Å². The van der Waals surface area contributed by atoms with E-state index in [0.717, 1.165) is 76.6 Å². The molecule has 0 amide bonds. The zero-order valence-electron chi connectivity index (χ0n) is 30.7. The highest BCUT2D eigenvalue weighted by Gasteiger charge is 2.21. The molecule has 0 radical (unpaired) electrons. The van der Waals surface area contributed by atoms with Gasteiger partial charge in [-0.1, -0.05) is 140 Å². The van der Waals surface area contributed by atoms with Crippen LogP contribution in [-0.2, 0) is 0 Å². The molecule has 0 fully saturated rings. The average molecular weight is 761 g/mol. The van der Waals surface area contributed by atoms with Gasteiger partial charge in [-0.25, -0.2) is 24.9 Å². The summed E-state index contributed by atoms with van der Waals surface area (Å²) in [7, 11) is 0. The Bertz CT molecular complexity index is 3410. The van der Waals surface area contributed by atoms with Crippen molar-refractivity contribution in [3.63, 3.8) is 0 Å². The lowest BCUT2D eigenvalue weighted by molar-refractivity contribution is 0.669. The molecule has 0 N–H and O–H groups in total. The van der Waals surface area contributed by atoms with Crippen molar-refractivity contribution >= 4 is 53.6 Å². The van der Waals surface area contributed by atoms with Gasteiger partial charge >= 0.3 is 0 Å². The molecule has 11 rings (SSSR count). The van der Waals surface area contributed by atoms with E-state index < -0.39 is 0 Å². The van der Waals surface area contributed by atoms with E-state index >= 15 is 0 Å². The fourth-order valence-electron chi connectivity index (χ4n) is 7.64. The zero-order valence-corrected chi connectivity index (χ0v) is 31.5. The summed E-state index contributed by atoms with van der Waals surface area (Å²) in [6.07, 6.45) is 0. The topological polar surface area (TPSA) is 101 Å². The van der Waals surface area contributed by atoms with E-state index in [4.69, 9.17) is 29.3 Å². The first-order chi connectivity index (χ1) is 28.7. The molecule has 4 aromatic heterocycles. The van der Waals surface area contributed by atoms with Gasteiger partial charge in [0.15, 0.2) is 23.3 Å². The van der Waals surface area contributed by atoms with Crippen LogP contribution in [0.25, 0.3) is 110 Å². The third kappa shape index (κ3) is 5.69. The van der Waals surface area contributed by atoms with Crippen molar-refractivity contribution in [2.24, 2.45) is 0 Å². The van der Waals surface area contributed by atoms with Crippen LogP contribution in [-0.4, -0.2) is 24.9 Å². The van der Waals surface area contributed by atoms with Crippen molar-refractivity contribution in [3.05, 3.63) is 175 Å². The van der Waals surface area contributed by atoms with Crippen molar-refractivity contribution in [2.45, 2.75) is 0 Å². The number of furan rings is 1. The molecule has 270 valence electrons. The summed E-state index contributed by atoms with van der Waals surface area (Å²) in [4.78, 5) is 25.5. The van der Waals surface area contributed by atoms with E-state index in [9.17, 15) is 5.26 Å². The third-order valence-electron chi connectivity index (χ3n) is 10.4. The third-order valence-corrected chi connectivity index (χ3v) is 11.6. The maximum Gasteiger partial charge on any atom is 0.164 e. The molecule has 58 heavy (non-hydrogen) atoms. The Balaban J connectivity index is 1.05. The minimum absolute atomic E-state index is 0.533. The molecule has 7 nitrogen and oxygen atoms in total. The van der Waals surface area contributed by atoms with Gasteiger partial charge in [0.2, 0.25) is 0 Å². The molecule has 0 aliphatic rings. The predicted octanol–water partition coefficient (Wildman–Crippen LogP) is 12.8. The first-order valence-electron chi connectivity index (χ1n) is 18.8. The van der Waals surface area contributed by atoms with Gasteiger partial charge in [0.05, 0.1) is 27.5 Å². The first kappa shape index (κ1) is 33.5. The van der Waals surface area contributed by atoms with E-state index in [-0.39, 0.29) is 0 Å². The van der Waals surface area contributed by atoms with Crippen LogP contribution in [0.4, 0.5) is 0 Å². The summed E-state index contributed by atoms with van der Waals surface area (Å²) >= 11 is 1.72. The van der Waals surface area contributed by atoms with E-state index in [1.54, 1.807) is 11.3 Å². The number of rotatable bonds is 6. The standard InChI is InChI=1S/C50H28N6OS/c51-29-35-16-7-8-17-36(35)30-22-24-33(25-23-30)48-54-47(32-14-5-2-6-15-32)55-50(56-48)39-19-11-20-40-43(39)37-27-26-34(28-41(37)57-40)49-52-44(31-12-3-1-4-13-31)46-45(53-49)38-18-9-10-21-42(38)58-46/h1-28H. The molecule has 0 atom stereocenters. The molecule has 0 unspecified atom stereocenters. The maximum atomic E-state index is 9.70. The highest BCUT2D eigenvalue weighted by molar-refractivity contribution is 7.26. The van der Waals surface area contributed by atoms with Gasteiger partial charge in [0, 0.05) is 48.7 Å². The summed E-state index contributed by atoms with van der Waals surface area (Å²) in [6.45, 7) is 0. The zero-order chi connectivity index (χ0) is 38.6. The fourth-order valence-corrected chi connectivity index (χ4v) is 8.79. The maximum absolute atomic E-state index is 9.70. The SMILES string of the molecule is N#Cc1ccccc1-c1ccc(-c2nc(-c3ccccc3)nc(-c3cccc4oc5cc(-c6nc(-c7ccccc7)c7sc8ccccc8c7n6)ccc5c34)n2)cc1. The lowest BCUT2D eigenvalue weighted by Crippen LogP contribution is -2.00. The summed E-state index contributed by atoms with van der Waals surface area (Å²) in [5, 5.41) is 12.7. The minimum atomic E-state index is 0.533. The van der Waals surface area contributed by atoms with Gasteiger partial charge in [-0.15, -0.1) is 11.3 Å². The van der Waals surface area contributed by atoms with Crippen molar-refractivity contribution in [2.75, 3.05) is 0 Å². The Kier molecular flexibility index (Phi) is 7.91. The number of hydrogen-bond donors (Lipinski definition) is 0. The number of nitrogens with zero attached hydrogens (tertiary/aromatic N) is 6. The molecule has 8 heteroatoms. The molecule has 0 bridgehead atoms. The number of benzene rings is 7. The quantitative estimate of drug-likeness (QED) is 0.166. The summed E-state index contributed by atoms with van der Waals surface area (Å²) in [6, 6.07) is 58.7. The van der Waals surface area contributed by atoms with Crippen LogP contribution in [0, 0.1) is 11.3 Å². The Hall–Kier alpha value is -7.86. The normalized spacial score (nSPS) is 11.4. The second-order valence-electron chi connectivity index (χ2n) is 13.9. The molecule has 0 aliphatic carbocycles. The van der Waals surface area contributed by atoms with Crippen LogP contribution in [0.2, 0.25) is 0 Å². The number of hydrogen-bond acceptors (Lipinski definition) is 8. The number of nitriles is 1. The van der Waals surface area contributed by atoms with Crippen LogP contribution < -0.4 is 0 Å². The predicted molar refractivity (Wildman–Crippen MR) is 233 cm³/mol. The lowest BCUT2D eigenvalue weighted by atomic mass is 9.99. The fraction of sp³-hybridized carbons (Fsp3) is 0. The van der Waals surface area contributed by atoms with Crippen molar-refractivity contribution in [1.29, 1.82) is 5.26 Å². The van der Waals surface area contributed by atoms with Gasteiger partial charge < -0.3 is 4.42 Å². The Labute approximate surface area is 336 Å². The van der Waals surface area contributed by atoms with E-state index in [0.29, 0.717) is 34.4 Å². The van der Waals surface area contributed by atoms with Crippen LogP contribution in [0.3, 0.4) is 0 Å². The molecule has 0 spiro atoms. The van der Waals surface area contributed by atoms with Crippen LogP contribution in [0.5, 0.6) is 0 Å². The molecule has 4 heterocycles. The molecule has 0 aliphatic heterocycles. The van der Waals surface area contributed by atoms with Crippen molar-refractivity contribution < 1.29 is 4.42 Å². The van der Waals surface area contributed by atoms with Gasteiger partial charge in [0.25, 0.3) is 0 Å². The second kappa shape index (κ2) is 13.7. The van der Waals surface area contributed by atoms with Crippen LogP contribution in [0.1, 0.15) is 5.56 Å². The smallest absolute Gasteiger partial charge is 0.164 e. The number of thiophene rings is 1. The minimum Gasteiger partial charge on any atom is -0.456 e. The summed E-state index contributed by atoms with van der Waals surface area (Å²) in [5.41, 5.74) is 10.2. The monoisotopic (exact) mass is 760 g/mol.